The number of ether oxygens (including phenoxy) is 1. The summed E-state index contributed by atoms with van der Waals surface area (Å²) in [4.78, 5) is 18.2. The maximum Gasteiger partial charge on any atom is 0.277 e. The number of nitrogens with zero attached hydrogens (tertiary/aromatic N) is 4. The smallest absolute Gasteiger partial charge is 0.277 e. The molecule has 2 aromatic rings. The summed E-state index contributed by atoms with van der Waals surface area (Å²) in [6, 6.07) is 0. The molecule has 1 aliphatic rings. The summed E-state index contributed by atoms with van der Waals surface area (Å²) < 4.78 is 10.8. The number of aryl methyl sites for hydroxylation is 1. The zero-order valence-corrected chi connectivity index (χ0v) is 13.8. The maximum absolute atomic E-state index is 12.0. The van der Waals surface area contributed by atoms with Crippen LogP contribution in [0.4, 0.5) is 0 Å². The van der Waals surface area contributed by atoms with Gasteiger partial charge in [0.1, 0.15) is 0 Å². The highest BCUT2D eigenvalue weighted by Crippen LogP contribution is 2.19. The fourth-order valence-electron chi connectivity index (χ4n) is 2.04. The van der Waals surface area contributed by atoms with Crippen molar-refractivity contribution >= 4 is 29.0 Å². The largest absolute Gasteiger partial charge is 0.416 e. The highest BCUT2D eigenvalue weighted by molar-refractivity contribution is 7.99. The van der Waals surface area contributed by atoms with Crippen molar-refractivity contribution in [3.63, 3.8) is 0 Å². The summed E-state index contributed by atoms with van der Waals surface area (Å²) in [5.74, 6) is 0.895. The van der Waals surface area contributed by atoms with E-state index in [4.69, 9.17) is 9.15 Å². The molecule has 22 heavy (non-hydrogen) atoms. The molecule has 0 bridgehead atoms. The van der Waals surface area contributed by atoms with E-state index in [-0.39, 0.29) is 5.91 Å². The number of morpholine rings is 1. The number of hydrogen-bond acceptors (Lipinski definition) is 8. The predicted molar refractivity (Wildman–Crippen MR) is 82.1 cm³/mol. The first kappa shape index (κ1) is 15.4. The number of aromatic nitrogens is 3. The van der Waals surface area contributed by atoms with E-state index in [0.717, 1.165) is 10.7 Å². The minimum absolute atomic E-state index is 0.0724. The fraction of sp³-hybridized carbons (Fsp3) is 0.538. The van der Waals surface area contributed by atoms with Crippen molar-refractivity contribution < 1.29 is 13.9 Å². The van der Waals surface area contributed by atoms with E-state index in [2.05, 4.69) is 15.2 Å². The third-order valence-electron chi connectivity index (χ3n) is 3.13. The second-order valence-electron chi connectivity index (χ2n) is 4.78. The minimum Gasteiger partial charge on any atom is -0.416 e. The number of thiazole rings is 1. The van der Waals surface area contributed by atoms with Gasteiger partial charge in [0.2, 0.25) is 11.8 Å². The summed E-state index contributed by atoms with van der Waals surface area (Å²) in [5, 5.41) is 11.4. The van der Waals surface area contributed by atoms with Gasteiger partial charge >= 0.3 is 0 Å². The summed E-state index contributed by atoms with van der Waals surface area (Å²) in [6.45, 7) is 4.47. The Bertz CT molecular complexity index is 637. The highest BCUT2D eigenvalue weighted by Gasteiger charge is 2.18. The number of carbonyl (C=O) groups is 1. The van der Waals surface area contributed by atoms with Gasteiger partial charge in [0.15, 0.2) is 0 Å². The Morgan fingerprint density at radius 1 is 1.41 bits per heavy atom. The highest BCUT2D eigenvalue weighted by atomic mass is 32.2. The molecule has 0 aromatic carbocycles. The Kier molecular flexibility index (Phi) is 5.06. The number of rotatable bonds is 5. The molecule has 118 valence electrons. The molecule has 1 aliphatic heterocycles. The van der Waals surface area contributed by atoms with Crippen LogP contribution < -0.4 is 0 Å². The van der Waals surface area contributed by atoms with Gasteiger partial charge in [-0.3, -0.25) is 4.79 Å². The van der Waals surface area contributed by atoms with Crippen LogP contribution in [0.3, 0.4) is 0 Å². The molecule has 1 saturated heterocycles. The molecule has 9 heteroatoms. The van der Waals surface area contributed by atoms with Crippen molar-refractivity contribution in [1.82, 2.24) is 20.1 Å². The molecule has 0 radical (unpaired) electrons. The number of hydrogen-bond donors (Lipinski definition) is 0. The Morgan fingerprint density at radius 2 is 2.23 bits per heavy atom. The molecular formula is C13H16N4O3S2. The van der Waals surface area contributed by atoms with Crippen molar-refractivity contribution in [1.29, 1.82) is 0 Å². The zero-order valence-electron chi connectivity index (χ0n) is 12.2. The standard InChI is InChI=1S/C13H16N4O3S2/c1-9-14-10(7-21-9)6-11-15-16-13(20-11)22-8-12(18)17-2-4-19-5-3-17/h7H,2-6,8H2,1H3. The van der Waals surface area contributed by atoms with E-state index < -0.39 is 0 Å². The van der Waals surface area contributed by atoms with Crippen LogP contribution in [0, 0.1) is 6.92 Å². The lowest BCUT2D eigenvalue weighted by molar-refractivity contribution is -0.132. The van der Waals surface area contributed by atoms with Crippen molar-refractivity contribution in [2.75, 3.05) is 32.1 Å². The maximum atomic E-state index is 12.0. The Balaban J connectivity index is 1.50. The van der Waals surface area contributed by atoms with Crippen LogP contribution in [0.15, 0.2) is 15.0 Å². The fourth-order valence-corrected chi connectivity index (χ4v) is 3.34. The lowest BCUT2D eigenvalue weighted by atomic mass is 10.3. The second-order valence-corrected chi connectivity index (χ2v) is 6.77. The summed E-state index contributed by atoms with van der Waals surface area (Å²) >= 11 is 2.86. The van der Waals surface area contributed by atoms with Crippen molar-refractivity contribution in [3.05, 3.63) is 22.0 Å². The molecule has 0 aliphatic carbocycles. The Labute approximate surface area is 136 Å². The molecule has 0 N–H and O–H groups in total. The van der Waals surface area contributed by atoms with Crippen LogP contribution in [0.5, 0.6) is 0 Å². The van der Waals surface area contributed by atoms with Gasteiger partial charge in [0.25, 0.3) is 5.22 Å². The van der Waals surface area contributed by atoms with Gasteiger partial charge in [-0.05, 0) is 6.92 Å². The van der Waals surface area contributed by atoms with Crippen LogP contribution in [0.25, 0.3) is 0 Å². The normalized spacial score (nSPS) is 15.2. The lowest BCUT2D eigenvalue weighted by Crippen LogP contribution is -2.41. The average Bonchev–Trinajstić information content (AvgIpc) is 3.15. The van der Waals surface area contributed by atoms with Crippen molar-refractivity contribution in [2.45, 2.75) is 18.6 Å². The molecule has 0 atom stereocenters. The molecule has 1 fully saturated rings. The first-order valence-electron chi connectivity index (χ1n) is 6.92. The van der Waals surface area contributed by atoms with Crippen LogP contribution in [0.2, 0.25) is 0 Å². The van der Waals surface area contributed by atoms with Crippen molar-refractivity contribution in [3.8, 4) is 0 Å². The third kappa shape index (κ3) is 4.05. The molecule has 7 nitrogen and oxygen atoms in total. The number of thioether (sulfide) groups is 1. The molecule has 3 heterocycles. The monoisotopic (exact) mass is 340 g/mol. The van der Waals surface area contributed by atoms with Gasteiger partial charge in [0, 0.05) is 18.5 Å². The summed E-state index contributed by atoms with van der Waals surface area (Å²) in [5.41, 5.74) is 0.923. The van der Waals surface area contributed by atoms with Crippen LogP contribution in [-0.2, 0) is 16.0 Å². The predicted octanol–water partition coefficient (Wildman–Crippen LogP) is 1.38. The van der Waals surface area contributed by atoms with Gasteiger partial charge in [-0.25, -0.2) is 4.98 Å². The quantitative estimate of drug-likeness (QED) is 0.761. The van der Waals surface area contributed by atoms with E-state index >= 15 is 0 Å². The number of carbonyl (C=O) groups excluding carboxylic acids is 1. The number of amides is 1. The molecular weight excluding hydrogens is 324 g/mol. The first-order valence-corrected chi connectivity index (χ1v) is 8.79. The first-order chi connectivity index (χ1) is 10.7. The van der Waals surface area contributed by atoms with Gasteiger partial charge in [-0.1, -0.05) is 11.8 Å². The molecule has 3 rings (SSSR count). The Morgan fingerprint density at radius 3 is 2.95 bits per heavy atom. The Hall–Kier alpha value is -1.45. The van der Waals surface area contributed by atoms with Crippen LogP contribution >= 0.6 is 23.1 Å². The lowest BCUT2D eigenvalue weighted by Gasteiger charge is -2.26. The summed E-state index contributed by atoms with van der Waals surface area (Å²) in [7, 11) is 0. The minimum atomic E-state index is 0.0724. The zero-order chi connectivity index (χ0) is 15.4. The average molecular weight is 340 g/mol. The van der Waals surface area contributed by atoms with Gasteiger partial charge in [-0.15, -0.1) is 21.5 Å². The van der Waals surface area contributed by atoms with E-state index in [0.29, 0.717) is 49.6 Å². The summed E-state index contributed by atoms with van der Waals surface area (Å²) in [6.07, 6.45) is 0.523. The third-order valence-corrected chi connectivity index (χ3v) is 4.76. The van der Waals surface area contributed by atoms with E-state index in [1.165, 1.54) is 11.8 Å². The van der Waals surface area contributed by atoms with E-state index in [9.17, 15) is 4.79 Å². The molecule has 0 unspecified atom stereocenters. The van der Waals surface area contributed by atoms with Crippen LogP contribution in [0.1, 0.15) is 16.6 Å². The molecule has 1 amide bonds. The van der Waals surface area contributed by atoms with Crippen molar-refractivity contribution in [2.24, 2.45) is 0 Å². The van der Waals surface area contributed by atoms with Crippen LogP contribution in [-0.4, -0.2) is 58.0 Å². The molecule has 0 saturated carbocycles. The second kappa shape index (κ2) is 7.21. The van der Waals surface area contributed by atoms with Gasteiger partial charge in [-0.2, -0.15) is 0 Å². The molecule has 2 aromatic heterocycles. The van der Waals surface area contributed by atoms with E-state index in [1.807, 2.05) is 12.3 Å². The van der Waals surface area contributed by atoms with Gasteiger partial charge < -0.3 is 14.1 Å². The molecule has 0 spiro atoms. The van der Waals surface area contributed by atoms with Gasteiger partial charge in [0.05, 0.1) is 36.1 Å². The van der Waals surface area contributed by atoms with E-state index in [1.54, 1.807) is 16.2 Å². The topological polar surface area (TPSA) is 81.4 Å². The SMILES string of the molecule is Cc1nc(Cc2nnc(SCC(=O)N3CCOCC3)o2)cs1.